The third kappa shape index (κ3) is 3.26. The largest absolute Gasteiger partial charge is 0.492 e. The molecule has 1 aliphatic rings. The van der Waals surface area contributed by atoms with Gasteiger partial charge >= 0.3 is 11.8 Å². The quantitative estimate of drug-likeness (QED) is 0.617. The molecule has 6 nitrogen and oxygen atoms in total. The Kier molecular flexibility index (Phi) is 4.56. The number of carbonyl (C=O) groups excluding carboxylic acids is 2. The monoisotopic (exact) mass is 273 g/mol. The van der Waals surface area contributed by atoms with Crippen molar-refractivity contribution < 1.29 is 14.3 Å². The molecule has 1 N–H and O–H groups in total. The predicted octanol–water partition coefficient (Wildman–Crippen LogP) is 0.286. The molecule has 1 fully saturated rings. The Bertz CT molecular complexity index is 551. The number of ether oxygens (including phenoxy) is 1. The van der Waals surface area contributed by atoms with Crippen LogP contribution in [0.25, 0.3) is 0 Å². The van der Waals surface area contributed by atoms with E-state index in [0.717, 1.165) is 0 Å². The number of piperazine rings is 1. The van der Waals surface area contributed by atoms with Gasteiger partial charge in [0.15, 0.2) is 0 Å². The number of benzene rings is 1. The minimum Gasteiger partial charge on any atom is -0.492 e. The second kappa shape index (κ2) is 6.57. The van der Waals surface area contributed by atoms with Crippen molar-refractivity contribution in [3.63, 3.8) is 0 Å². The van der Waals surface area contributed by atoms with Gasteiger partial charge in [-0.05, 0) is 18.6 Å². The van der Waals surface area contributed by atoms with E-state index >= 15 is 0 Å². The Morgan fingerprint density at radius 1 is 1.35 bits per heavy atom. The number of nitrogens with one attached hydrogen (secondary N) is 1. The lowest BCUT2D eigenvalue weighted by atomic mass is 10.2. The molecule has 0 aliphatic carbocycles. The van der Waals surface area contributed by atoms with Crippen molar-refractivity contribution in [3.8, 4) is 11.8 Å². The summed E-state index contributed by atoms with van der Waals surface area (Å²) in [5.41, 5.74) is 0.487. The summed E-state index contributed by atoms with van der Waals surface area (Å²) in [5, 5.41) is 11.4. The van der Waals surface area contributed by atoms with Gasteiger partial charge in [-0.1, -0.05) is 12.1 Å². The average Bonchev–Trinajstić information content (AvgIpc) is 2.48. The van der Waals surface area contributed by atoms with E-state index in [1.165, 1.54) is 4.90 Å². The molecule has 0 atom stereocenters. The van der Waals surface area contributed by atoms with Crippen molar-refractivity contribution >= 4 is 11.8 Å². The third-order valence-corrected chi connectivity index (χ3v) is 2.99. The fourth-order valence-corrected chi connectivity index (χ4v) is 1.96. The molecule has 0 bridgehead atoms. The minimum absolute atomic E-state index is 0.393. The van der Waals surface area contributed by atoms with E-state index in [1.807, 2.05) is 0 Å². The second-order valence-corrected chi connectivity index (χ2v) is 4.36. The van der Waals surface area contributed by atoms with Gasteiger partial charge in [0.2, 0.25) is 0 Å². The summed E-state index contributed by atoms with van der Waals surface area (Å²) in [6.45, 7) is 1.88. The molecule has 0 radical (unpaired) electrons. The molecular weight excluding hydrogens is 258 g/mol. The van der Waals surface area contributed by atoms with Crippen molar-refractivity contribution in [3.05, 3.63) is 29.8 Å². The van der Waals surface area contributed by atoms with Gasteiger partial charge in [0, 0.05) is 19.6 Å². The van der Waals surface area contributed by atoms with Crippen LogP contribution in [0.5, 0.6) is 5.75 Å². The molecule has 104 valence electrons. The van der Waals surface area contributed by atoms with Gasteiger partial charge in [-0.3, -0.25) is 9.59 Å². The molecule has 1 aromatic carbocycles. The second-order valence-electron chi connectivity index (χ2n) is 4.36. The Hall–Kier alpha value is -2.55. The molecule has 0 aromatic heterocycles. The molecule has 1 saturated heterocycles. The highest BCUT2D eigenvalue weighted by atomic mass is 16.5. The maximum Gasteiger partial charge on any atom is 0.311 e. The first-order chi connectivity index (χ1) is 9.72. The number of nitriles is 1. The first-order valence-corrected chi connectivity index (χ1v) is 6.41. The van der Waals surface area contributed by atoms with Crippen LogP contribution in [0.3, 0.4) is 0 Å². The molecule has 0 unspecified atom stereocenters. The lowest BCUT2D eigenvalue weighted by Gasteiger charge is -2.26. The fraction of sp³-hybridized carbons (Fsp3) is 0.357. The molecule has 2 rings (SSSR count). The van der Waals surface area contributed by atoms with Crippen LogP contribution in [0, 0.1) is 11.3 Å². The van der Waals surface area contributed by atoms with Gasteiger partial charge in [-0.2, -0.15) is 5.26 Å². The van der Waals surface area contributed by atoms with Crippen molar-refractivity contribution in [2.24, 2.45) is 0 Å². The number of para-hydroxylation sites is 1. The van der Waals surface area contributed by atoms with E-state index in [4.69, 9.17) is 10.00 Å². The predicted molar refractivity (Wildman–Crippen MR) is 70.9 cm³/mol. The Labute approximate surface area is 116 Å². The third-order valence-electron chi connectivity index (χ3n) is 2.99. The molecular formula is C14H15N3O3. The van der Waals surface area contributed by atoms with Gasteiger partial charge in [-0.15, -0.1) is 0 Å². The van der Waals surface area contributed by atoms with Crippen LogP contribution in [0.1, 0.15) is 12.0 Å². The number of rotatable bonds is 5. The summed E-state index contributed by atoms with van der Waals surface area (Å²) >= 11 is 0. The van der Waals surface area contributed by atoms with Crippen molar-refractivity contribution in [1.82, 2.24) is 10.2 Å². The van der Waals surface area contributed by atoms with Crippen LogP contribution in [0.15, 0.2) is 24.3 Å². The highest BCUT2D eigenvalue weighted by Crippen LogP contribution is 2.16. The van der Waals surface area contributed by atoms with Gasteiger partial charge in [0.25, 0.3) is 0 Å². The lowest BCUT2D eigenvalue weighted by Crippen LogP contribution is -2.52. The summed E-state index contributed by atoms with van der Waals surface area (Å²) in [4.78, 5) is 24.2. The van der Waals surface area contributed by atoms with Crippen LogP contribution in [0.2, 0.25) is 0 Å². The highest BCUT2D eigenvalue weighted by Gasteiger charge is 2.25. The number of amides is 2. The van der Waals surface area contributed by atoms with E-state index in [2.05, 4.69) is 11.4 Å². The molecule has 20 heavy (non-hydrogen) atoms. The van der Waals surface area contributed by atoms with E-state index in [1.54, 1.807) is 24.3 Å². The van der Waals surface area contributed by atoms with E-state index in [-0.39, 0.29) is 0 Å². The SMILES string of the molecule is N#Cc1ccccc1OCCCN1CCNC(=O)C1=O. The summed E-state index contributed by atoms with van der Waals surface area (Å²) in [7, 11) is 0. The number of nitrogens with zero attached hydrogens (tertiary/aromatic N) is 2. The van der Waals surface area contributed by atoms with E-state index in [9.17, 15) is 9.59 Å². The van der Waals surface area contributed by atoms with Crippen LogP contribution in [-0.4, -0.2) is 43.0 Å². The average molecular weight is 273 g/mol. The van der Waals surface area contributed by atoms with Gasteiger partial charge < -0.3 is 15.0 Å². The first kappa shape index (κ1) is 13.9. The highest BCUT2D eigenvalue weighted by molar-refractivity contribution is 6.35. The molecule has 1 heterocycles. The summed E-state index contributed by atoms with van der Waals surface area (Å²) in [6, 6.07) is 9.05. The van der Waals surface area contributed by atoms with Crippen LogP contribution in [-0.2, 0) is 9.59 Å². The van der Waals surface area contributed by atoms with Crippen LogP contribution >= 0.6 is 0 Å². The molecule has 0 spiro atoms. The van der Waals surface area contributed by atoms with Crippen molar-refractivity contribution in [2.75, 3.05) is 26.2 Å². The summed E-state index contributed by atoms with van der Waals surface area (Å²) in [5.74, 6) is -0.501. The number of hydrogen-bond acceptors (Lipinski definition) is 4. The lowest BCUT2D eigenvalue weighted by molar-refractivity contribution is -0.148. The Morgan fingerprint density at radius 3 is 2.95 bits per heavy atom. The molecule has 0 saturated carbocycles. The maximum atomic E-state index is 11.5. The Balaban J connectivity index is 1.78. The topological polar surface area (TPSA) is 82.4 Å². The minimum atomic E-state index is -0.549. The van der Waals surface area contributed by atoms with Crippen LogP contribution in [0.4, 0.5) is 0 Å². The van der Waals surface area contributed by atoms with Gasteiger partial charge in [-0.25, -0.2) is 0 Å². The van der Waals surface area contributed by atoms with Crippen molar-refractivity contribution in [2.45, 2.75) is 6.42 Å². The first-order valence-electron chi connectivity index (χ1n) is 6.41. The smallest absolute Gasteiger partial charge is 0.311 e. The normalized spacial score (nSPS) is 14.7. The van der Waals surface area contributed by atoms with Crippen LogP contribution < -0.4 is 10.1 Å². The molecule has 2 amide bonds. The summed E-state index contributed by atoms with van der Waals surface area (Å²) in [6.07, 6.45) is 0.610. The van der Waals surface area contributed by atoms with E-state index < -0.39 is 11.8 Å². The zero-order chi connectivity index (χ0) is 14.4. The van der Waals surface area contributed by atoms with Gasteiger partial charge in [0.05, 0.1) is 12.2 Å². The maximum absolute atomic E-state index is 11.5. The standard InChI is InChI=1S/C14H15N3O3/c15-10-11-4-1-2-5-12(11)20-9-3-7-17-8-6-16-13(18)14(17)19/h1-2,4-5H,3,6-9H2,(H,16,18). The zero-order valence-corrected chi connectivity index (χ0v) is 11.0. The Morgan fingerprint density at radius 2 is 2.15 bits per heavy atom. The number of hydrogen-bond donors (Lipinski definition) is 1. The molecule has 6 heteroatoms. The van der Waals surface area contributed by atoms with Crippen molar-refractivity contribution in [1.29, 1.82) is 5.26 Å². The van der Waals surface area contributed by atoms with E-state index in [0.29, 0.717) is 44.0 Å². The van der Waals surface area contributed by atoms with Gasteiger partial charge in [0.1, 0.15) is 11.8 Å². The fourth-order valence-electron chi connectivity index (χ4n) is 1.96. The number of carbonyl (C=O) groups is 2. The molecule has 1 aliphatic heterocycles. The zero-order valence-electron chi connectivity index (χ0n) is 11.0. The molecule has 1 aromatic rings. The summed E-state index contributed by atoms with van der Waals surface area (Å²) < 4.78 is 5.52.